The van der Waals surface area contributed by atoms with Gasteiger partial charge in [-0.1, -0.05) is 25.9 Å². The molecule has 2 N–H and O–H groups in total. The minimum atomic E-state index is -2.45. The molecule has 0 radical (unpaired) electrons. The van der Waals surface area contributed by atoms with Gasteiger partial charge in [-0.25, -0.2) is 8.78 Å². The Morgan fingerprint density at radius 2 is 2.05 bits per heavy atom. The van der Waals surface area contributed by atoms with Crippen LogP contribution in [0.15, 0.2) is 4.52 Å². The fourth-order valence-electron chi connectivity index (χ4n) is 1.88. The number of ether oxygens (including phenoxy) is 1. The lowest BCUT2D eigenvalue weighted by Gasteiger charge is -2.22. The summed E-state index contributed by atoms with van der Waals surface area (Å²) in [6, 6.07) is 0. The lowest BCUT2D eigenvalue weighted by Crippen LogP contribution is -2.19. The van der Waals surface area contributed by atoms with Crippen molar-refractivity contribution in [2.75, 3.05) is 19.8 Å². The summed E-state index contributed by atoms with van der Waals surface area (Å²) in [4.78, 5) is 4.26. The van der Waals surface area contributed by atoms with Gasteiger partial charge in [0.25, 0.3) is 6.43 Å². The van der Waals surface area contributed by atoms with Gasteiger partial charge in [0.1, 0.15) is 6.61 Å². The zero-order chi connectivity index (χ0) is 15.2. The molecule has 5 nitrogen and oxygen atoms in total. The smallest absolute Gasteiger partial charge is 0.261 e. The van der Waals surface area contributed by atoms with Gasteiger partial charge in [-0.3, -0.25) is 0 Å². The van der Waals surface area contributed by atoms with Crippen molar-refractivity contribution < 1.29 is 18.0 Å². The summed E-state index contributed by atoms with van der Waals surface area (Å²) in [5.41, 5.74) is 5.85. The summed E-state index contributed by atoms with van der Waals surface area (Å²) in [6.07, 6.45) is -1.26. The van der Waals surface area contributed by atoms with Crippen LogP contribution in [0.4, 0.5) is 8.78 Å². The predicted octanol–water partition coefficient (Wildman–Crippen LogP) is 2.37. The first kappa shape index (κ1) is 17.0. The van der Waals surface area contributed by atoms with Gasteiger partial charge in [-0.05, 0) is 11.8 Å². The summed E-state index contributed by atoms with van der Waals surface area (Å²) in [7, 11) is 0. The van der Waals surface area contributed by atoms with E-state index in [2.05, 4.69) is 30.9 Å². The number of halogens is 2. The Kier molecular flexibility index (Phi) is 6.48. The highest BCUT2D eigenvalue weighted by Crippen LogP contribution is 2.29. The van der Waals surface area contributed by atoms with Gasteiger partial charge in [-0.15, -0.1) is 0 Å². The molecule has 7 heteroatoms. The van der Waals surface area contributed by atoms with E-state index in [1.807, 2.05) is 0 Å². The van der Waals surface area contributed by atoms with Gasteiger partial charge >= 0.3 is 0 Å². The molecule has 1 aromatic rings. The van der Waals surface area contributed by atoms with Crippen molar-refractivity contribution in [3.8, 4) is 0 Å². The van der Waals surface area contributed by atoms with Crippen molar-refractivity contribution in [2.24, 2.45) is 11.1 Å². The van der Waals surface area contributed by atoms with Gasteiger partial charge in [0.15, 0.2) is 5.82 Å². The fraction of sp³-hybridized carbons (Fsp3) is 0.846. The second-order valence-electron chi connectivity index (χ2n) is 5.96. The predicted molar refractivity (Wildman–Crippen MR) is 70.7 cm³/mol. The van der Waals surface area contributed by atoms with Gasteiger partial charge in [0.2, 0.25) is 5.89 Å². The quantitative estimate of drug-likeness (QED) is 0.744. The second-order valence-corrected chi connectivity index (χ2v) is 5.96. The normalized spacial score (nSPS) is 13.9. The molecule has 1 heterocycles. The zero-order valence-electron chi connectivity index (χ0n) is 12.2. The van der Waals surface area contributed by atoms with Crippen LogP contribution in [0.5, 0.6) is 0 Å². The van der Waals surface area contributed by atoms with Crippen LogP contribution in [0.3, 0.4) is 0 Å². The summed E-state index contributed by atoms with van der Waals surface area (Å²) in [6.45, 7) is 6.36. The Hall–Kier alpha value is -1.08. The van der Waals surface area contributed by atoms with Crippen molar-refractivity contribution in [2.45, 2.75) is 46.0 Å². The van der Waals surface area contributed by atoms with E-state index in [1.165, 1.54) is 0 Å². The molecule has 1 unspecified atom stereocenters. The molecule has 0 saturated heterocycles. The molecule has 1 atom stereocenters. The van der Waals surface area contributed by atoms with E-state index in [9.17, 15) is 8.78 Å². The van der Waals surface area contributed by atoms with Crippen molar-refractivity contribution in [3.05, 3.63) is 11.7 Å². The maximum Gasteiger partial charge on any atom is 0.261 e. The molecule has 0 aliphatic rings. The van der Waals surface area contributed by atoms with Crippen LogP contribution >= 0.6 is 0 Å². The van der Waals surface area contributed by atoms with Crippen molar-refractivity contribution in [1.29, 1.82) is 0 Å². The molecular formula is C13H23F2N3O2. The molecule has 0 aromatic carbocycles. The first-order valence-corrected chi connectivity index (χ1v) is 6.70. The maximum absolute atomic E-state index is 11.9. The van der Waals surface area contributed by atoms with Crippen LogP contribution in [0.25, 0.3) is 0 Å². The van der Waals surface area contributed by atoms with E-state index < -0.39 is 13.0 Å². The number of aromatic nitrogens is 2. The summed E-state index contributed by atoms with van der Waals surface area (Å²) in [5, 5.41) is 3.82. The first-order valence-electron chi connectivity index (χ1n) is 6.70. The third kappa shape index (κ3) is 6.38. The van der Waals surface area contributed by atoms with Crippen LogP contribution in [0.2, 0.25) is 0 Å². The fourth-order valence-corrected chi connectivity index (χ4v) is 1.88. The molecule has 0 aliphatic carbocycles. The molecule has 0 amide bonds. The van der Waals surface area contributed by atoms with Crippen LogP contribution < -0.4 is 5.73 Å². The van der Waals surface area contributed by atoms with E-state index in [1.54, 1.807) is 0 Å². The average molecular weight is 291 g/mol. The Morgan fingerprint density at radius 3 is 2.60 bits per heavy atom. The van der Waals surface area contributed by atoms with E-state index in [4.69, 9.17) is 15.0 Å². The monoisotopic (exact) mass is 291 g/mol. The average Bonchev–Trinajstić information content (AvgIpc) is 2.79. The minimum Gasteiger partial charge on any atom is -0.375 e. The minimum absolute atomic E-state index is 0.0123. The Labute approximate surface area is 117 Å². The molecule has 116 valence electrons. The van der Waals surface area contributed by atoms with Gasteiger partial charge in [-0.2, -0.15) is 4.98 Å². The summed E-state index contributed by atoms with van der Waals surface area (Å²) in [5.74, 6) is 0.978. The lowest BCUT2D eigenvalue weighted by atomic mass is 9.84. The van der Waals surface area contributed by atoms with Crippen LogP contribution in [-0.2, 0) is 11.2 Å². The zero-order valence-corrected chi connectivity index (χ0v) is 12.2. The van der Waals surface area contributed by atoms with Crippen molar-refractivity contribution in [1.82, 2.24) is 10.1 Å². The molecule has 0 bridgehead atoms. The van der Waals surface area contributed by atoms with E-state index in [-0.39, 0.29) is 17.9 Å². The van der Waals surface area contributed by atoms with Crippen molar-refractivity contribution >= 4 is 0 Å². The Bertz CT molecular complexity index is 391. The molecule has 0 fully saturated rings. The van der Waals surface area contributed by atoms with E-state index in [0.717, 1.165) is 6.42 Å². The van der Waals surface area contributed by atoms with Crippen molar-refractivity contribution in [3.63, 3.8) is 0 Å². The standard InChI is InChI=1S/C13H23F2N3O2/c1-13(2,3)6-9(7-16)12-17-11(18-20-12)4-5-19-8-10(14)15/h9-10H,4-8,16H2,1-3H3. The van der Waals surface area contributed by atoms with Crippen LogP contribution in [0, 0.1) is 5.41 Å². The molecule has 20 heavy (non-hydrogen) atoms. The molecule has 1 aromatic heterocycles. The number of hydrogen-bond acceptors (Lipinski definition) is 5. The maximum atomic E-state index is 11.9. The highest BCUT2D eigenvalue weighted by molar-refractivity contribution is 4.96. The van der Waals surface area contributed by atoms with E-state index in [0.29, 0.717) is 24.7 Å². The topological polar surface area (TPSA) is 74.2 Å². The Balaban J connectivity index is 2.48. The first-order chi connectivity index (χ1) is 9.31. The number of nitrogens with zero attached hydrogens (tertiary/aromatic N) is 2. The third-order valence-corrected chi connectivity index (χ3v) is 2.69. The number of rotatable bonds is 8. The van der Waals surface area contributed by atoms with Crippen LogP contribution in [0.1, 0.15) is 44.8 Å². The van der Waals surface area contributed by atoms with Gasteiger partial charge in [0, 0.05) is 13.0 Å². The largest absolute Gasteiger partial charge is 0.375 e. The van der Waals surface area contributed by atoms with Crippen LogP contribution in [-0.4, -0.2) is 36.3 Å². The van der Waals surface area contributed by atoms with E-state index >= 15 is 0 Å². The summed E-state index contributed by atoms with van der Waals surface area (Å²) < 4.78 is 33.7. The molecule has 0 saturated carbocycles. The Morgan fingerprint density at radius 1 is 1.35 bits per heavy atom. The number of nitrogens with two attached hydrogens (primary N) is 1. The van der Waals surface area contributed by atoms with Gasteiger partial charge in [0.05, 0.1) is 12.5 Å². The highest BCUT2D eigenvalue weighted by Gasteiger charge is 2.23. The number of alkyl halides is 2. The lowest BCUT2D eigenvalue weighted by molar-refractivity contribution is 0.0182. The molecular weight excluding hydrogens is 268 g/mol. The summed E-state index contributed by atoms with van der Waals surface area (Å²) >= 11 is 0. The molecule has 0 aliphatic heterocycles. The number of hydrogen-bond donors (Lipinski definition) is 1. The molecule has 1 rings (SSSR count). The molecule has 0 spiro atoms. The third-order valence-electron chi connectivity index (χ3n) is 2.69. The van der Waals surface area contributed by atoms with Gasteiger partial charge < -0.3 is 15.0 Å². The SMILES string of the molecule is CC(C)(C)CC(CN)c1nc(CCOCC(F)F)no1. The second kappa shape index (κ2) is 7.64. The highest BCUT2D eigenvalue weighted by atomic mass is 19.3.